The first kappa shape index (κ1) is 11.7. The predicted molar refractivity (Wildman–Crippen MR) is 57.1 cm³/mol. The summed E-state index contributed by atoms with van der Waals surface area (Å²) in [6.07, 6.45) is 0. The van der Waals surface area contributed by atoms with Crippen molar-refractivity contribution in [2.75, 3.05) is 0 Å². The minimum atomic E-state index is -0.835. The van der Waals surface area contributed by atoms with Gasteiger partial charge in [0.1, 0.15) is 12.5 Å². The van der Waals surface area contributed by atoms with E-state index in [1.54, 1.807) is 13.0 Å². The highest BCUT2D eigenvalue weighted by Gasteiger charge is 2.13. The van der Waals surface area contributed by atoms with Crippen molar-refractivity contribution in [3.8, 4) is 11.4 Å². The van der Waals surface area contributed by atoms with E-state index in [0.29, 0.717) is 11.1 Å². The maximum absolute atomic E-state index is 13.5. The second-order valence-corrected chi connectivity index (χ2v) is 3.60. The van der Waals surface area contributed by atoms with Gasteiger partial charge in [0.2, 0.25) is 11.7 Å². The van der Waals surface area contributed by atoms with E-state index in [-0.39, 0.29) is 23.8 Å². The third kappa shape index (κ3) is 2.16. The van der Waals surface area contributed by atoms with Crippen LogP contribution in [-0.4, -0.2) is 10.1 Å². The van der Waals surface area contributed by atoms with Crippen LogP contribution >= 0.6 is 0 Å². The molecule has 90 valence electrons. The molecule has 0 saturated heterocycles. The molecule has 0 unspecified atom stereocenters. The lowest BCUT2D eigenvalue weighted by atomic mass is 10.0. The zero-order valence-electron chi connectivity index (χ0n) is 9.20. The van der Waals surface area contributed by atoms with Crippen LogP contribution in [0.3, 0.4) is 0 Å². The Balaban J connectivity index is 2.46. The number of aromatic nitrogens is 2. The number of nitrogens with zero attached hydrogens (tertiary/aromatic N) is 2. The van der Waals surface area contributed by atoms with Gasteiger partial charge in [-0.1, -0.05) is 5.16 Å². The molecule has 0 aliphatic carbocycles. The number of halogens is 2. The van der Waals surface area contributed by atoms with Crippen molar-refractivity contribution < 1.29 is 13.3 Å². The van der Waals surface area contributed by atoms with Crippen LogP contribution in [0.25, 0.3) is 11.4 Å². The van der Waals surface area contributed by atoms with Gasteiger partial charge < -0.3 is 10.3 Å². The molecule has 4 nitrogen and oxygen atoms in total. The average molecular weight is 239 g/mol. The molecule has 2 rings (SSSR count). The van der Waals surface area contributed by atoms with Crippen LogP contribution in [0.15, 0.2) is 16.7 Å². The van der Waals surface area contributed by atoms with Gasteiger partial charge in [-0.25, -0.2) is 8.78 Å². The molecule has 1 aromatic carbocycles. The molecule has 0 saturated carbocycles. The number of aryl methyl sites for hydroxylation is 1. The number of alkyl halides is 1. The first-order valence-corrected chi connectivity index (χ1v) is 5.03. The average Bonchev–Trinajstić information content (AvgIpc) is 2.77. The van der Waals surface area contributed by atoms with Crippen LogP contribution in [-0.2, 0) is 13.2 Å². The molecule has 6 heteroatoms. The van der Waals surface area contributed by atoms with Gasteiger partial charge in [-0.15, -0.1) is 0 Å². The molecular weight excluding hydrogens is 228 g/mol. The Morgan fingerprint density at radius 1 is 1.41 bits per heavy atom. The maximum Gasteiger partial charge on any atom is 0.240 e. The lowest BCUT2D eigenvalue weighted by molar-refractivity contribution is 0.380. The van der Waals surface area contributed by atoms with Crippen molar-refractivity contribution in [1.29, 1.82) is 0 Å². The Labute approximate surface area is 96.4 Å². The van der Waals surface area contributed by atoms with E-state index in [2.05, 4.69) is 10.1 Å². The number of rotatable bonds is 3. The Bertz CT molecular complexity index is 516. The van der Waals surface area contributed by atoms with E-state index >= 15 is 0 Å². The quantitative estimate of drug-likeness (QED) is 0.890. The zero-order valence-corrected chi connectivity index (χ0v) is 9.20. The van der Waals surface area contributed by atoms with E-state index in [0.717, 1.165) is 0 Å². The molecule has 0 aliphatic rings. The molecule has 0 amide bonds. The SMILES string of the molecule is Cc1cc(-c2noc(CN)n2)cc(F)c1CF. The third-order valence-electron chi connectivity index (χ3n) is 2.45. The third-order valence-corrected chi connectivity index (χ3v) is 2.45. The highest BCUT2D eigenvalue weighted by molar-refractivity contribution is 5.57. The molecule has 0 spiro atoms. The van der Waals surface area contributed by atoms with Gasteiger partial charge in [0, 0.05) is 11.1 Å². The smallest absolute Gasteiger partial charge is 0.240 e. The van der Waals surface area contributed by atoms with Gasteiger partial charge >= 0.3 is 0 Å². The standard InChI is InChI=1S/C11H11F2N3O/c1-6-2-7(3-9(13)8(6)4-12)11-15-10(5-14)17-16-11/h2-3H,4-5,14H2,1H3. The Morgan fingerprint density at radius 2 is 2.18 bits per heavy atom. The van der Waals surface area contributed by atoms with Crippen LogP contribution in [0.4, 0.5) is 8.78 Å². The summed E-state index contributed by atoms with van der Waals surface area (Å²) >= 11 is 0. The number of hydrogen-bond acceptors (Lipinski definition) is 4. The summed E-state index contributed by atoms with van der Waals surface area (Å²) in [5, 5.41) is 3.67. The van der Waals surface area contributed by atoms with Crippen LogP contribution in [0.5, 0.6) is 0 Å². The fraction of sp³-hybridized carbons (Fsp3) is 0.273. The molecule has 0 fully saturated rings. The van der Waals surface area contributed by atoms with E-state index < -0.39 is 12.5 Å². The van der Waals surface area contributed by atoms with Crippen LogP contribution in [0.2, 0.25) is 0 Å². The summed E-state index contributed by atoms with van der Waals surface area (Å²) in [5.74, 6) is -0.0907. The van der Waals surface area contributed by atoms with E-state index in [1.807, 2.05) is 0 Å². The Hall–Kier alpha value is -1.82. The van der Waals surface area contributed by atoms with Crippen LogP contribution < -0.4 is 5.73 Å². The first-order chi connectivity index (χ1) is 8.15. The fourth-order valence-corrected chi connectivity index (χ4v) is 1.53. The molecule has 2 aromatic rings. The molecular formula is C11H11F2N3O. The molecule has 0 radical (unpaired) electrons. The second-order valence-electron chi connectivity index (χ2n) is 3.60. The number of nitrogens with two attached hydrogens (primary N) is 1. The van der Waals surface area contributed by atoms with E-state index in [1.165, 1.54) is 6.07 Å². The van der Waals surface area contributed by atoms with Gasteiger partial charge in [0.15, 0.2) is 0 Å². The number of hydrogen-bond donors (Lipinski definition) is 1. The van der Waals surface area contributed by atoms with Crippen molar-refractivity contribution in [2.45, 2.75) is 20.1 Å². The van der Waals surface area contributed by atoms with Crippen molar-refractivity contribution in [2.24, 2.45) is 5.73 Å². The van der Waals surface area contributed by atoms with Crippen molar-refractivity contribution in [1.82, 2.24) is 10.1 Å². The fourth-order valence-electron chi connectivity index (χ4n) is 1.53. The topological polar surface area (TPSA) is 64.9 Å². The lowest BCUT2D eigenvalue weighted by Crippen LogP contribution is -1.96. The summed E-state index contributed by atoms with van der Waals surface area (Å²) in [7, 11) is 0. The van der Waals surface area contributed by atoms with Gasteiger partial charge in [-0.2, -0.15) is 4.98 Å². The Morgan fingerprint density at radius 3 is 2.71 bits per heavy atom. The van der Waals surface area contributed by atoms with Crippen molar-refractivity contribution in [3.05, 3.63) is 35.0 Å². The maximum atomic E-state index is 13.5. The second kappa shape index (κ2) is 4.58. The monoisotopic (exact) mass is 239 g/mol. The summed E-state index contributed by atoms with van der Waals surface area (Å²) in [6.45, 7) is 0.917. The van der Waals surface area contributed by atoms with Crippen molar-refractivity contribution >= 4 is 0 Å². The Kier molecular flexibility index (Phi) is 3.14. The summed E-state index contributed by atoms with van der Waals surface area (Å²) in [5.41, 5.74) is 6.34. The van der Waals surface area contributed by atoms with Crippen LogP contribution in [0, 0.1) is 12.7 Å². The zero-order chi connectivity index (χ0) is 12.4. The summed E-state index contributed by atoms with van der Waals surface area (Å²) in [6, 6.07) is 2.80. The van der Waals surface area contributed by atoms with Gasteiger partial charge in [0.25, 0.3) is 0 Å². The van der Waals surface area contributed by atoms with E-state index in [9.17, 15) is 8.78 Å². The van der Waals surface area contributed by atoms with Gasteiger partial charge in [-0.05, 0) is 24.6 Å². The largest absolute Gasteiger partial charge is 0.338 e. The molecule has 0 atom stereocenters. The summed E-state index contributed by atoms with van der Waals surface area (Å²) < 4.78 is 30.9. The molecule has 0 bridgehead atoms. The highest BCUT2D eigenvalue weighted by Crippen LogP contribution is 2.23. The molecule has 17 heavy (non-hydrogen) atoms. The molecule has 0 aliphatic heterocycles. The minimum Gasteiger partial charge on any atom is -0.338 e. The minimum absolute atomic E-state index is 0.0521. The van der Waals surface area contributed by atoms with Gasteiger partial charge in [0.05, 0.1) is 6.54 Å². The predicted octanol–water partition coefficient (Wildman–Crippen LogP) is 2.11. The number of benzene rings is 1. The molecule has 1 heterocycles. The molecule has 2 N–H and O–H groups in total. The van der Waals surface area contributed by atoms with Crippen molar-refractivity contribution in [3.63, 3.8) is 0 Å². The molecule has 1 aromatic heterocycles. The van der Waals surface area contributed by atoms with E-state index in [4.69, 9.17) is 10.3 Å². The van der Waals surface area contributed by atoms with Crippen LogP contribution in [0.1, 0.15) is 17.0 Å². The highest BCUT2D eigenvalue weighted by atomic mass is 19.1. The lowest BCUT2D eigenvalue weighted by Gasteiger charge is -2.04. The normalized spacial score (nSPS) is 10.8. The first-order valence-electron chi connectivity index (χ1n) is 5.03. The summed E-state index contributed by atoms with van der Waals surface area (Å²) in [4.78, 5) is 3.97. The van der Waals surface area contributed by atoms with Gasteiger partial charge in [-0.3, -0.25) is 0 Å².